The molecule has 1 heterocycles. The molecule has 0 radical (unpaired) electrons. The van der Waals surface area contributed by atoms with E-state index in [4.69, 9.17) is 11.6 Å². The standard InChI is InChI=1S/C19H19ClF3N5/c1-18(2,3)28-17(25-26-27-28)16(12-4-8-14(20)9-5-12)24-15-10-6-13(7-11-15)19(21,22)23/h4-11,16,24H,1-3H3/t16-/m1/s1. The van der Waals surface area contributed by atoms with Gasteiger partial charge in [0.1, 0.15) is 6.04 Å². The highest BCUT2D eigenvalue weighted by molar-refractivity contribution is 6.30. The van der Waals surface area contributed by atoms with E-state index in [9.17, 15) is 13.2 Å². The molecular weight excluding hydrogens is 391 g/mol. The van der Waals surface area contributed by atoms with E-state index in [0.717, 1.165) is 17.7 Å². The maximum Gasteiger partial charge on any atom is 0.416 e. The topological polar surface area (TPSA) is 55.6 Å². The van der Waals surface area contributed by atoms with E-state index in [0.29, 0.717) is 16.5 Å². The van der Waals surface area contributed by atoms with Gasteiger partial charge in [-0.2, -0.15) is 13.2 Å². The summed E-state index contributed by atoms with van der Waals surface area (Å²) in [5, 5.41) is 15.8. The van der Waals surface area contributed by atoms with Crippen LogP contribution in [0.25, 0.3) is 0 Å². The van der Waals surface area contributed by atoms with Crippen molar-refractivity contribution in [2.75, 3.05) is 5.32 Å². The van der Waals surface area contributed by atoms with Crippen molar-refractivity contribution < 1.29 is 13.2 Å². The third kappa shape index (κ3) is 4.44. The lowest BCUT2D eigenvalue weighted by molar-refractivity contribution is -0.137. The number of benzene rings is 2. The third-order valence-electron chi connectivity index (χ3n) is 4.11. The molecule has 28 heavy (non-hydrogen) atoms. The Labute approximate surface area is 165 Å². The average molecular weight is 410 g/mol. The summed E-state index contributed by atoms with van der Waals surface area (Å²) in [4.78, 5) is 0. The first-order chi connectivity index (χ1) is 13.1. The lowest BCUT2D eigenvalue weighted by Crippen LogP contribution is -2.29. The van der Waals surface area contributed by atoms with Crippen LogP contribution in [0.15, 0.2) is 48.5 Å². The van der Waals surface area contributed by atoms with Crippen LogP contribution in [0.3, 0.4) is 0 Å². The van der Waals surface area contributed by atoms with Crippen molar-refractivity contribution in [3.05, 3.63) is 70.5 Å². The van der Waals surface area contributed by atoms with Crippen molar-refractivity contribution in [3.8, 4) is 0 Å². The number of halogens is 4. The van der Waals surface area contributed by atoms with Crippen LogP contribution in [0.5, 0.6) is 0 Å². The Morgan fingerprint density at radius 2 is 1.57 bits per heavy atom. The lowest BCUT2D eigenvalue weighted by atomic mass is 10.0. The van der Waals surface area contributed by atoms with Crippen LogP contribution < -0.4 is 5.32 Å². The van der Waals surface area contributed by atoms with Crippen LogP contribution in [0.2, 0.25) is 5.02 Å². The number of alkyl halides is 3. The normalized spacial score (nSPS) is 13.4. The van der Waals surface area contributed by atoms with E-state index in [2.05, 4.69) is 20.8 Å². The minimum atomic E-state index is -4.38. The highest BCUT2D eigenvalue weighted by Gasteiger charge is 2.31. The number of nitrogens with zero attached hydrogens (tertiary/aromatic N) is 4. The molecule has 2 aromatic carbocycles. The molecule has 0 saturated carbocycles. The maximum atomic E-state index is 12.8. The Morgan fingerprint density at radius 1 is 0.964 bits per heavy atom. The zero-order valence-corrected chi connectivity index (χ0v) is 16.3. The molecular formula is C19H19ClF3N5. The summed E-state index contributed by atoms with van der Waals surface area (Å²) in [6.07, 6.45) is -4.38. The molecule has 0 aliphatic rings. The molecule has 1 atom stereocenters. The molecule has 0 spiro atoms. The van der Waals surface area contributed by atoms with Crippen LogP contribution >= 0.6 is 11.6 Å². The first-order valence-electron chi connectivity index (χ1n) is 8.54. The number of nitrogens with one attached hydrogen (secondary N) is 1. The van der Waals surface area contributed by atoms with Gasteiger partial charge in [-0.25, -0.2) is 4.68 Å². The molecule has 148 valence electrons. The van der Waals surface area contributed by atoms with E-state index < -0.39 is 17.8 Å². The quantitative estimate of drug-likeness (QED) is 0.635. The van der Waals surface area contributed by atoms with E-state index in [1.54, 1.807) is 16.8 Å². The van der Waals surface area contributed by atoms with Gasteiger partial charge in [0.15, 0.2) is 5.82 Å². The Morgan fingerprint density at radius 3 is 2.11 bits per heavy atom. The second-order valence-electron chi connectivity index (χ2n) is 7.32. The fraction of sp³-hybridized carbons (Fsp3) is 0.316. The van der Waals surface area contributed by atoms with Gasteiger partial charge in [-0.15, -0.1) is 5.10 Å². The van der Waals surface area contributed by atoms with Gasteiger partial charge in [0.25, 0.3) is 0 Å². The number of hydrogen-bond acceptors (Lipinski definition) is 4. The molecule has 9 heteroatoms. The van der Waals surface area contributed by atoms with Crippen molar-refractivity contribution in [2.24, 2.45) is 0 Å². The number of tetrazole rings is 1. The Hall–Kier alpha value is -2.61. The van der Waals surface area contributed by atoms with Gasteiger partial charge in [-0.1, -0.05) is 23.7 Å². The van der Waals surface area contributed by atoms with Crippen LogP contribution in [-0.4, -0.2) is 20.2 Å². The zero-order chi connectivity index (χ0) is 20.5. The highest BCUT2D eigenvalue weighted by atomic mass is 35.5. The smallest absolute Gasteiger partial charge is 0.371 e. The molecule has 0 fully saturated rings. The fourth-order valence-corrected chi connectivity index (χ4v) is 2.85. The summed E-state index contributed by atoms with van der Waals surface area (Å²) in [6.45, 7) is 5.89. The highest BCUT2D eigenvalue weighted by Crippen LogP contribution is 2.32. The lowest BCUT2D eigenvalue weighted by Gasteiger charge is -2.25. The van der Waals surface area contributed by atoms with Crippen LogP contribution in [0, 0.1) is 0 Å². The molecule has 0 unspecified atom stereocenters. The van der Waals surface area contributed by atoms with Crippen molar-refractivity contribution in [2.45, 2.75) is 38.5 Å². The number of anilines is 1. The Kier molecular flexibility index (Phi) is 5.34. The van der Waals surface area contributed by atoms with E-state index in [-0.39, 0.29) is 5.54 Å². The Balaban J connectivity index is 2.00. The fourth-order valence-electron chi connectivity index (χ4n) is 2.73. The van der Waals surface area contributed by atoms with Crippen molar-refractivity contribution in [3.63, 3.8) is 0 Å². The molecule has 0 aliphatic heterocycles. The molecule has 3 aromatic rings. The van der Waals surface area contributed by atoms with Crippen LogP contribution in [-0.2, 0) is 11.7 Å². The second-order valence-corrected chi connectivity index (χ2v) is 7.76. The third-order valence-corrected chi connectivity index (χ3v) is 4.37. The molecule has 0 aliphatic carbocycles. The van der Waals surface area contributed by atoms with Gasteiger partial charge in [0, 0.05) is 10.7 Å². The summed E-state index contributed by atoms with van der Waals surface area (Å²) in [6, 6.07) is 11.5. The van der Waals surface area contributed by atoms with Gasteiger partial charge >= 0.3 is 6.18 Å². The van der Waals surface area contributed by atoms with Gasteiger partial charge in [0.2, 0.25) is 0 Å². The van der Waals surface area contributed by atoms with E-state index in [1.807, 2.05) is 32.9 Å². The SMILES string of the molecule is CC(C)(C)n1nnnc1[C@H](Nc1ccc(C(F)(F)F)cc1)c1ccc(Cl)cc1. The molecule has 1 N–H and O–H groups in total. The second kappa shape index (κ2) is 7.43. The van der Waals surface area contributed by atoms with Crippen molar-refractivity contribution in [1.82, 2.24) is 20.2 Å². The van der Waals surface area contributed by atoms with Crippen LogP contribution in [0.1, 0.15) is 43.8 Å². The zero-order valence-electron chi connectivity index (χ0n) is 15.5. The average Bonchev–Trinajstić information content (AvgIpc) is 3.10. The molecule has 3 rings (SSSR count). The number of hydrogen-bond donors (Lipinski definition) is 1. The molecule has 0 bridgehead atoms. The minimum Gasteiger partial charge on any atom is -0.371 e. The van der Waals surface area contributed by atoms with Gasteiger partial charge in [-0.05, 0) is 73.2 Å². The summed E-state index contributed by atoms with van der Waals surface area (Å²) < 4.78 is 40.2. The summed E-state index contributed by atoms with van der Waals surface area (Å²) in [5.41, 5.74) is 0.243. The minimum absolute atomic E-state index is 0.384. The van der Waals surface area contributed by atoms with Gasteiger partial charge in [0.05, 0.1) is 11.1 Å². The summed E-state index contributed by atoms with van der Waals surface area (Å²) in [5.74, 6) is 0.537. The first-order valence-corrected chi connectivity index (χ1v) is 8.91. The first kappa shape index (κ1) is 20.1. The molecule has 0 saturated heterocycles. The van der Waals surface area contributed by atoms with Crippen molar-refractivity contribution in [1.29, 1.82) is 0 Å². The largest absolute Gasteiger partial charge is 0.416 e. The number of aromatic nitrogens is 4. The van der Waals surface area contributed by atoms with E-state index >= 15 is 0 Å². The van der Waals surface area contributed by atoms with Gasteiger partial charge < -0.3 is 5.32 Å². The Bertz CT molecular complexity index is 928. The molecule has 1 aromatic heterocycles. The predicted molar refractivity (Wildman–Crippen MR) is 101 cm³/mol. The molecule has 5 nitrogen and oxygen atoms in total. The summed E-state index contributed by atoms with van der Waals surface area (Å²) >= 11 is 5.99. The molecule has 0 amide bonds. The number of rotatable bonds is 4. The van der Waals surface area contributed by atoms with Crippen LogP contribution in [0.4, 0.5) is 18.9 Å². The van der Waals surface area contributed by atoms with E-state index in [1.165, 1.54) is 12.1 Å². The summed E-state index contributed by atoms with van der Waals surface area (Å²) in [7, 11) is 0. The van der Waals surface area contributed by atoms with Gasteiger partial charge in [-0.3, -0.25) is 0 Å². The monoisotopic (exact) mass is 409 g/mol. The predicted octanol–water partition coefficient (Wildman–Crippen LogP) is 5.30. The van der Waals surface area contributed by atoms with Crippen molar-refractivity contribution >= 4 is 17.3 Å². The maximum absolute atomic E-state index is 12.8.